The molecular formula is C20H21Cl2N3O4S. The van der Waals surface area contributed by atoms with Crippen LogP contribution >= 0.6 is 23.2 Å². The topological polar surface area (TPSA) is 95.6 Å². The van der Waals surface area contributed by atoms with Gasteiger partial charge in [-0.2, -0.15) is 4.31 Å². The van der Waals surface area contributed by atoms with Crippen LogP contribution in [-0.4, -0.2) is 37.6 Å². The molecule has 2 amide bonds. The van der Waals surface area contributed by atoms with Crippen molar-refractivity contribution >= 4 is 45.0 Å². The van der Waals surface area contributed by atoms with E-state index < -0.39 is 21.8 Å². The standard InChI is InChI=1S/C20H21Cl2N3O4S/c1-13-4-3-9-25(12-13)30(28,29)18-11-15(7-8-17(18)22)20(27)24-23-19(26)14-5-2-6-16(21)10-14/h2,5-8,10-11,13H,3-4,9,12H2,1H3,(H,23,26)(H,24,27). The molecule has 1 atom stereocenters. The summed E-state index contributed by atoms with van der Waals surface area (Å²) in [7, 11) is -3.84. The van der Waals surface area contributed by atoms with Gasteiger partial charge in [-0.15, -0.1) is 0 Å². The Labute approximate surface area is 185 Å². The first-order valence-corrected chi connectivity index (χ1v) is 11.5. The lowest BCUT2D eigenvalue weighted by Gasteiger charge is -2.30. The van der Waals surface area contributed by atoms with Gasteiger partial charge >= 0.3 is 0 Å². The van der Waals surface area contributed by atoms with E-state index in [1.807, 2.05) is 6.92 Å². The number of nitrogens with zero attached hydrogens (tertiary/aromatic N) is 1. The molecular weight excluding hydrogens is 449 g/mol. The number of benzene rings is 2. The molecule has 0 radical (unpaired) electrons. The molecule has 1 aliphatic rings. The maximum absolute atomic E-state index is 13.0. The van der Waals surface area contributed by atoms with Crippen LogP contribution in [0.25, 0.3) is 0 Å². The van der Waals surface area contributed by atoms with Crippen LogP contribution in [-0.2, 0) is 10.0 Å². The zero-order valence-corrected chi connectivity index (χ0v) is 18.5. The third-order valence-electron chi connectivity index (χ3n) is 4.81. The van der Waals surface area contributed by atoms with Gasteiger partial charge in [0.05, 0.1) is 5.02 Å². The summed E-state index contributed by atoms with van der Waals surface area (Å²) in [4.78, 5) is 24.5. The molecule has 10 heteroatoms. The summed E-state index contributed by atoms with van der Waals surface area (Å²) >= 11 is 12.0. The first-order valence-electron chi connectivity index (χ1n) is 9.34. The van der Waals surface area contributed by atoms with Gasteiger partial charge in [0.15, 0.2) is 0 Å². The Bertz CT molecular complexity index is 1080. The van der Waals surface area contributed by atoms with E-state index >= 15 is 0 Å². The molecule has 2 N–H and O–H groups in total. The van der Waals surface area contributed by atoms with E-state index in [0.29, 0.717) is 18.1 Å². The summed E-state index contributed by atoms with van der Waals surface area (Å²) in [5.41, 5.74) is 4.86. The van der Waals surface area contributed by atoms with Crippen molar-refractivity contribution < 1.29 is 18.0 Å². The maximum Gasteiger partial charge on any atom is 0.269 e. The number of hydrogen-bond donors (Lipinski definition) is 2. The lowest BCUT2D eigenvalue weighted by atomic mass is 10.0. The van der Waals surface area contributed by atoms with Crippen LogP contribution in [0.4, 0.5) is 0 Å². The lowest BCUT2D eigenvalue weighted by Crippen LogP contribution is -2.42. The molecule has 160 valence electrons. The number of amides is 2. The molecule has 0 saturated carbocycles. The highest BCUT2D eigenvalue weighted by Gasteiger charge is 2.31. The van der Waals surface area contributed by atoms with Gasteiger partial charge in [-0.1, -0.05) is 36.2 Å². The van der Waals surface area contributed by atoms with Crippen molar-refractivity contribution in [3.05, 3.63) is 63.6 Å². The van der Waals surface area contributed by atoms with Crippen molar-refractivity contribution in [2.24, 2.45) is 5.92 Å². The zero-order valence-electron chi connectivity index (χ0n) is 16.2. The van der Waals surface area contributed by atoms with E-state index in [4.69, 9.17) is 23.2 Å². The average Bonchev–Trinajstić information content (AvgIpc) is 2.72. The third-order valence-corrected chi connectivity index (χ3v) is 7.39. The van der Waals surface area contributed by atoms with Crippen LogP contribution in [0.2, 0.25) is 10.0 Å². The molecule has 30 heavy (non-hydrogen) atoms. The van der Waals surface area contributed by atoms with Crippen molar-refractivity contribution in [3.63, 3.8) is 0 Å². The molecule has 1 saturated heterocycles. The summed E-state index contributed by atoms with van der Waals surface area (Å²) in [6.07, 6.45) is 1.74. The van der Waals surface area contributed by atoms with Crippen LogP contribution in [0.1, 0.15) is 40.5 Å². The highest BCUT2D eigenvalue weighted by atomic mass is 35.5. The molecule has 3 rings (SSSR count). The Hall–Kier alpha value is -2.13. The number of hydrazine groups is 1. The van der Waals surface area contributed by atoms with E-state index in [1.54, 1.807) is 18.2 Å². The highest BCUT2D eigenvalue weighted by Crippen LogP contribution is 2.29. The van der Waals surface area contributed by atoms with Crippen molar-refractivity contribution in [2.45, 2.75) is 24.7 Å². The third kappa shape index (κ3) is 5.13. The molecule has 0 spiro atoms. The molecule has 1 unspecified atom stereocenters. The minimum atomic E-state index is -3.84. The maximum atomic E-state index is 13.0. The van der Waals surface area contributed by atoms with Gasteiger partial charge in [0.2, 0.25) is 10.0 Å². The molecule has 0 bridgehead atoms. The Morgan fingerprint density at radius 3 is 2.33 bits per heavy atom. The van der Waals surface area contributed by atoms with Crippen molar-refractivity contribution in [2.75, 3.05) is 13.1 Å². The lowest BCUT2D eigenvalue weighted by molar-refractivity contribution is 0.0846. The van der Waals surface area contributed by atoms with Crippen molar-refractivity contribution in [1.82, 2.24) is 15.2 Å². The summed E-state index contributed by atoms with van der Waals surface area (Å²) in [5.74, 6) is -0.985. The molecule has 1 fully saturated rings. The fourth-order valence-electron chi connectivity index (χ4n) is 3.23. The van der Waals surface area contributed by atoms with Crippen molar-refractivity contribution in [1.29, 1.82) is 0 Å². The zero-order chi connectivity index (χ0) is 21.9. The molecule has 1 aliphatic heterocycles. The second kappa shape index (κ2) is 9.34. The van der Waals surface area contributed by atoms with Crippen LogP contribution in [0.15, 0.2) is 47.4 Å². The SMILES string of the molecule is CC1CCCN(S(=O)(=O)c2cc(C(=O)NNC(=O)c3cccc(Cl)c3)ccc2Cl)C1. The molecule has 7 nitrogen and oxygen atoms in total. The summed E-state index contributed by atoms with van der Waals surface area (Å²) in [5, 5.41) is 0.418. The fraction of sp³-hybridized carbons (Fsp3) is 0.300. The molecule has 0 aliphatic carbocycles. The first-order chi connectivity index (χ1) is 14.2. The van der Waals surface area contributed by atoms with Gasteiger partial charge in [0.25, 0.3) is 11.8 Å². The largest absolute Gasteiger partial charge is 0.269 e. The second-order valence-electron chi connectivity index (χ2n) is 7.17. The molecule has 2 aromatic rings. The van der Waals surface area contributed by atoms with E-state index in [-0.39, 0.29) is 27.0 Å². The normalized spacial score (nSPS) is 17.4. The minimum Gasteiger partial charge on any atom is -0.267 e. The van der Waals surface area contributed by atoms with E-state index in [0.717, 1.165) is 12.8 Å². The number of piperidine rings is 1. The van der Waals surface area contributed by atoms with Gasteiger partial charge in [-0.3, -0.25) is 20.4 Å². The smallest absolute Gasteiger partial charge is 0.267 e. The number of nitrogens with one attached hydrogen (secondary N) is 2. The van der Waals surface area contributed by atoms with Gasteiger partial charge in [-0.05, 0) is 55.2 Å². The van der Waals surface area contributed by atoms with Crippen LogP contribution in [0.3, 0.4) is 0 Å². The highest BCUT2D eigenvalue weighted by molar-refractivity contribution is 7.89. The Balaban J connectivity index is 1.75. The summed E-state index contributed by atoms with van der Waals surface area (Å²) < 4.78 is 27.5. The Morgan fingerprint density at radius 1 is 1.03 bits per heavy atom. The predicted molar refractivity (Wildman–Crippen MR) is 115 cm³/mol. The van der Waals surface area contributed by atoms with Gasteiger partial charge in [0, 0.05) is 29.2 Å². The van der Waals surface area contributed by atoms with Crippen LogP contribution in [0.5, 0.6) is 0 Å². The molecule has 0 aromatic heterocycles. The number of carbonyl (C=O) groups is 2. The van der Waals surface area contributed by atoms with E-state index in [9.17, 15) is 18.0 Å². The van der Waals surface area contributed by atoms with Gasteiger partial charge in [-0.25, -0.2) is 8.42 Å². The quantitative estimate of drug-likeness (QED) is 0.669. The average molecular weight is 470 g/mol. The van der Waals surface area contributed by atoms with Crippen LogP contribution < -0.4 is 10.9 Å². The first kappa shape index (κ1) is 22.6. The van der Waals surface area contributed by atoms with Crippen LogP contribution in [0, 0.1) is 5.92 Å². The second-order valence-corrected chi connectivity index (χ2v) is 9.92. The Kier molecular flexibility index (Phi) is 7.02. The number of hydrogen-bond acceptors (Lipinski definition) is 4. The summed E-state index contributed by atoms with van der Waals surface area (Å²) in [6.45, 7) is 2.82. The fourth-order valence-corrected chi connectivity index (χ4v) is 5.52. The summed E-state index contributed by atoms with van der Waals surface area (Å²) in [6, 6.07) is 10.2. The predicted octanol–water partition coefficient (Wildman–Crippen LogP) is 3.49. The molecule has 2 aromatic carbocycles. The monoisotopic (exact) mass is 469 g/mol. The van der Waals surface area contributed by atoms with E-state index in [2.05, 4.69) is 10.9 Å². The van der Waals surface area contributed by atoms with Crippen molar-refractivity contribution in [3.8, 4) is 0 Å². The molecule has 1 heterocycles. The van der Waals surface area contributed by atoms with E-state index in [1.165, 1.54) is 28.6 Å². The number of rotatable bonds is 4. The number of halogens is 2. The number of carbonyl (C=O) groups excluding carboxylic acids is 2. The van der Waals surface area contributed by atoms with Gasteiger partial charge in [0.1, 0.15) is 4.90 Å². The Morgan fingerprint density at radius 2 is 1.70 bits per heavy atom. The van der Waals surface area contributed by atoms with Gasteiger partial charge < -0.3 is 0 Å². The number of sulfonamides is 1. The minimum absolute atomic E-state index is 0.0349.